The van der Waals surface area contributed by atoms with E-state index in [9.17, 15) is 4.39 Å². The normalized spacial score (nSPS) is 22.2. The zero-order chi connectivity index (χ0) is 20.3. The van der Waals surface area contributed by atoms with Crippen LogP contribution in [-0.2, 0) is 11.2 Å². The molecule has 0 radical (unpaired) electrons. The molecule has 1 saturated carbocycles. The van der Waals surface area contributed by atoms with Crippen molar-refractivity contribution in [3.05, 3.63) is 48.3 Å². The molecule has 1 aromatic carbocycles. The summed E-state index contributed by atoms with van der Waals surface area (Å²) in [5, 5.41) is 3.48. The molecule has 0 bridgehead atoms. The van der Waals surface area contributed by atoms with E-state index in [-0.39, 0.29) is 18.1 Å². The highest BCUT2D eigenvalue weighted by Crippen LogP contribution is 2.33. The minimum Gasteiger partial charge on any atom is -0.368 e. The highest BCUT2D eigenvalue weighted by molar-refractivity contribution is 5.82. The van der Waals surface area contributed by atoms with Gasteiger partial charge in [-0.3, -0.25) is 4.57 Å². The first-order chi connectivity index (χ1) is 14.8. The molecule has 3 aromatic rings. The van der Waals surface area contributed by atoms with Crippen LogP contribution in [0.15, 0.2) is 36.9 Å². The Morgan fingerprint density at radius 1 is 1.07 bits per heavy atom. The molecule has 1 saturated heterocycles. The molecule has 0 amide bonds. The highest BCUT2D eigenvalue weighted by Gasteiger charge is 2.28. The van der Waals surface area contributed by atoms with Crippen molar-refractivity contribution < 1.29 is 9.13 Å². The second-order valence-corrected chi connectivity index (χ2v) is 8.50. The van der Waals surface area contributed by atoms with Gasteiger partial charge < -0.3 is 10.1 Å². The quantitative estimate of drug-likeness (QED) is 0.603. The molecule has 2 atom stereocenters. The molecule has 1 aliphatic carbocycles. The van der Waals surface area contributed by atoms with Crippen molar-refractivity contribution >= 4 is 17.0 Å². The minimum atomic E-state index is -0.137. The molecule has 3 heterocycles. The maximum absolute atomic E-state index is 13.9. The highest BCUT2D eigenvalue weighted by atomic mass is 19.1. The molecule has 5 rings (SSSR count). The summed E-state index contributed by atoms with van der Waals surface area (Å²) in [6, 6.07) is 6.97. The maximum atomic E-state index is 13.9. The molecular weight excluding hydrogens is 381 g/mol. The van der Waals surface area contributed by atoms with E-state index in [1.165, 1.54) is 31.7 Å². The lowest BCUT2D eigenvalue weighted by Gasteiger charge is -2.16. The summed E-state index contributed by atoms with van der Waals surface area (Å²) in [5.41, 5.74) is 2.36. The summed E-state index contributed by atoms with van der Waals surface area (Å²) in [5.74, 6) is 1.40. The van der Waals surface area contributed by atoms with Gasteiger partial charge in [0.15, 0.2) is 17.0 Å². The predicted octanol–water partition coefficient (Wildman–Crippen LogP) is 4.88. The number of aryl methyl sites for hydroxylation is 1. The first kappa shape index (κ1) is 19.4. The largest absolute Gasteiger partial charge is 0.368 e. The number of fused-ring (bicyclic) bond motifs is 1. The SMILES string of the molecule is Fc1ccccc1CC[C@@H]1CC[C@H](n2cnc3c(NCC4CCCC4)ncnc32)O1. The maximum Gasteiger partial charge on any atom is 0.167 e. The van der Waals surface area contributed by atoms with Crippen LogP contribution < -0.4 is 5.32 Å². The van der Waals surface area contributed by atoms with Gasteiger partial charge >= 0.3 is 0 Å². The summed E-state index contributed by atoms with van der Waals surface area (Å²) in [6.07, 6.45) is 12.0. The van der Waals surface area contributed by atoms with Crippen LogP contribution in [0.2, 0.25) is 0 Å². The standard InChI is InChI=1S/C23H28FN5O/c24-19-8-4-3-7-17(19)9-10-18-11-12-20(30-18)29-15-28-21-22(26-14-27-23(21)29)25-13-16-5-1-2-6-16/h3-4,7-8,14-16,18,20H,1-2,5-6,9-13H2,(H,25,26,27)/t18-,20-/m1/s1. The lowest BCUT2D eigenvalue weighted by Crippen LogP contribution is -2.13. The molecule has 158 valence electrons. The Labute approximate surface area is 175 Å². The fraction of sp³-hybridized carbons (Fsp3) is 0.522. The number of hydrogen-bond acceptors (Lipinski definition) is 5. The number of nitrogens with zero attached hydrogens (tertiary/aromatic N) is 4. The second kappa shape index (κ2) is 8.68. The van der Waals surface area contributed by atoms with Crippen LogP contribution in [0.3, 0.4) is 0 Å². The Hall–Kier alpha value is -2.54. The molecule has 1 N–H and O–H groups in total. The molecule has 0 spiro atoms. The van der Waals surface area contributed by atoms with Crippen molar-refractivity contribution in [2.24, 2.45) is 5.92 Å². The van der Waals surface area contributed by atoms with E-state index in [1.54, 1.807) is 12.4 Å². The van der Waals surface area contributed by atoms with Crippen molar-refractivity contribution in [1.82, 2.24) is 19.5 Å². The van der Waals surface area contributed by atoms with Crippen LogP contribution in [0.5, 0.6) is 0 Å². The Morgan fingerprint density at radius 3 is 2.80 bits per heavy atom. The van der Waals surface area contributed by atoms with Crippen LogP contribution in [0, 0.1) is 11.7 Å². The first-order valence-corrected chi connectivity index (χ1v) is 11.1. The van der Waals surface area contributed by atoms with Gasteiger partial charge in [0.1, 0.15) is 18.4 Å². The van der Waals surface area contributed by atoms with E-state index in [1.807, 2.05) is 23.0 Å². The smallest absolute Gasteiger partial charge is 0.167 e. The Balaban J connectivity index is 1.24. The summed E-state index contributed by atoms with van der Waals surface area (Å²) < 4.78 is 22.2. The monoisotopic (exact) mass is 409 g/mol. The number of nitrogens with one attached hydrogen (secondary N) is 1. The second-order valence-electron chi connectivity index (χ2n) is 8.50. The molecule has 7 heteroatoms. The van der Waals surface area contributed by atoms with Crippen molar-refractivity contribution in [3.63, 3.8) is 0 Å². The molecule has 2 aromatic heterocycles. The Kier molecular flexibility index (Phi) is 5.62. The Morgan fingerprint density at radius 2 is 1.93 bits per heavy atom. The average Bonchev–Trinajstić information content (AvgIpc) is 3.52. The van der Waals surface area contributed by atoms with Crippen molar-refractivity contribution in [3.8, 4) is 0 Å². The molecule has 30 heavy (non-hydrogen) atoms. The van der Waals surface area contributed by atoms with Gasteiger partial charge in [0.2, 0.25) is 0 Å². The Bertz CT molecular complexity index is 1000. The third-order valence-electron chi connectivity index (χ3n) is 6.48. The van der Waals surface area contributed by atoms with E-state index in [4.69, 9.17) is 4.74 Å². The number of hydrogen-bond donors (Lipinski definition) is 1. The molecule has 6 nitrogen and oxygen atoms in total. The fourth-order valence-corrected chi connectivity index (χ4v) is 4.77. The summed E-state index contributed by atoms with van der Waals surface area (Å²) >= 11 is 0. The van der Waals surface area contributed by atoms with Crippen molar-refractivity contribution in [2.75, 3.05) is 11.9 Å². The van der Waals surface area contributed by atoms with E-state index in [0.717, 1.165) is 54.3 Å². The van der Waals surface area contributed by atoms with Gasteiger partial charge in [-0.2, -0.15) is 0 Å². The molecule has 2 aliphatic rings. The van der Waals surface area contributed by atoms with E-state index in [0.29, 0.717) is 6.42 Å². The van der Waals surface area contributed by atoms with Gasteiger partial charge in [-0.25, -0.2) is 19.3 Å². The van der Waals surface area contributed by atoms with Crippen molar-refractivity contribution in [1.29, 1.82) is 0 Å². The van der Waals surface area contributed by atoms with Crippen LogP contribution in [-0.4, -0.2) is 32.2 Å². The topological polar surface area (TPSA) is 64.9 Å². The third kappa shape index (κ3) is 4.03. The zero-order valence-electron chi connectivity index (χ0n) is 17.1. The number of aromatic nitrogens is 4. The number of rotatable bonds is 7. The van der Waals surface area contributed by atoms with Gasteiger partial charge in [-0.05, 0) is 56.1 Å². The number of benzene rings is 1. The number of ether oxygens (including phenoxy) is 1. The van der Waals surface area contributed by atoms with Gasteiger partial charge in [0, 0.05) is 6.54 Å². The van der Waals surface area contributed by atoms with Gasteiger partial charge in [-0.15, -0.1) is 0 Å². The van der Waals surface area contributed by atoms with E-state index < -0.39 is 0 Å². The lowest BCUT2D eigenvalue weighted by molar-refractivity contribution is 0.000814. The van der Waals surface area contributed by atoms with Crippen LogP contribution >= 0.6 is 0 Å². The third-order valence-corrected chi connectivity index (χ3v) is 6.48. The summed E-state index contributed by atoms with van der Waals surface area (Å²) in [7, 11) is 0. The molecular formula is C23H28FN5O. The van der Waals surface area contributed by atoms with E-state index >= 15 is 0 Å². The number of halogens is 1. The zero-order valence-corrected chi connectivity index (χ0v) is 17.1. The minimum absolute atomic E-state index is 0.0850. The molecule has 2 fully saturated rings. The van der Waals surface area contributed by atoms with Crippen LogP contribution in [0.4, 0.5) is 10.2 Å². The van der Waals surface area contributed by atoms with Gasteiger partial charge in [0.25, 0.3) is 0 Å². The first-order valence-electron chi connectivity index (χ1n) is 11.1. The fourth-order valence-electron chi connectivity index (χ4n) is 4.77. The lowest BCUT2D eigenvalue weighted by atomic mass is 10.0. The van der Waals surface area contributed by atoms with Gasteiger partial charge in [0.05, 0.1) is 12.4 Å². The van der Waals surface area contributed by atoms with Crippen LogP contribution in [0.1, 0.15) is 56.7 Å². The number of anilines is 1. The predicted molar refractivity (Wildman–Crippen MR) is 114 cm³/mol. The summed E-state index contributed by atoms with van der Waals surface area (Å²) in [4.78, 5) is 13.5. The number of imidazole rings is 1. The summed E-state index contributed by atoms with van der Waals surface area (Å²) in [6.45, 7) is 0.941. The average molecular weight is 410 g/mol. The molecule has 0 unspecified atom stereocenters. The molecule has 1 aliphatic heterocycles. The van der Waals surface area contributed by atoms with Gasteiger partial charge in [-0.1, -0.05) is 31.0 Å². The van der Waals surface area contributed by atoms with Crippen LogP contribution in [0.25, 0.3) is 11.2 Å². The van der Waals surface area contributed by atoms with E-state index in [2.05, 4.69) is 20.3 Å². The van der Waals surface area contributed by atoms with Crippen molar-refractivity contribution in [2.45, 2.75) is 63.7 Å².